The number of ether oxygens (including phenoxy) is 1. The lowest BCUT2D eigenvalue weighted by molar-refractivity contribution is -0.113. The maximum absolute atomic E-state index is 11.2. The quantitative estimate of drug-likeness (QED) is 0.640. The van der Waals surface area contributed by atoms with E-state index in [4.69, 9.17) is 4.74 Å². The molecule has 2 heteroatoms. The summed E-state index contributed by atoms with van der Waals surface area (Å²) in [4.78, 5) is 11.2. The van der Waals surface area contributed by atoms with Crippen LogP contribution in [0.3, 0.4) is 0 Å². The molecule has 0 atom stereocenters. The van der Waals surface area contributed by atoms with E-state index in [2.05, 4.69) is 6.92 Å². The smallest absolute Gasteiger partial charge is 0.159 e. The average molecular weight is 220 g/mol. The Morgan fingerprint density at radius 1 is 1.31 bits per heavy atom. The van der Waals surface area contributed by atoms with Crippen molar-refractivity contribution >= 4 is 5.78 Å². The third-order valence-corrected chi connectivity index (χ3v) is 2.51. The summed E-state index contributed by atoms with van der Waals surface area (Å²) in [5, 5.41) is 0. The van der Waals surface area contributed by atoms with Gasteiger partial charge in [-0.15, -0.1) is 0 Å². The third kappa shape index (κ3) is 4.47. The van der Waals surface area contributed by atoms with Gasteiger partial charge in [0.2, 0.25) is 0 Å². The van der Waals surface area contributed by atoms with Crippen LogP contribution in [0.25, 0.3) is 0 Å². The normalized spacial score (nSPS) is 15.1. The van der Waals surface area contributed by atoms with Crippen LogP contribution < -0.4 is 0 Å². The van der Waals surface area contributed by atoms with Crippen LogP contribution in [0.1, 0.15) is 39.5 Å². The molecule has 0 aromatic rings. The number of hydrogen-bond donors (Lipinski definition) is 0. The third-order valence-electron chi connectivity index (χ3n) is 2.51. The largest absolute Gasteiger partial charge is 0.494 e. The highest BCUT2D eigenvalue weighted by Crippen LogP contribution is 2.12. The van der Waals surface area contributed by atoms with Crippen LogP contribution in [-0.4, -0.2) is 12.4 Å². The zero-order chi connectivity index (χ0) is 11.8. The molecular formula is C14H20O2. The number of carbonyl (C=O) groups excluding carboxylic acids is 1. The molecule has 0 aromatic heterocycles. The molecule has 1 aliphatic carbocycles. The lowest BCUT2D eigenvalue weighted by Crippen LogP contribution is -1.93. The molecule has 0 fully saturated rings. The molecule has 0 saturated heterocycles. The summed E-state index contributed by atoms with van der Waals surface area (Å²) in [5.41, 5.74) is 0.767. The van der Waals surface area contributed by atoms with E-state index in [1.807, 2.05) is 24.3 Å². The molecule has 0 spiro atoms. The Labute approximate surface area is 97.7 Å². The molecule has 1 aliphatic rings. The minimum Gasteiger partial charge on any atom is -0.494 e. The summed E-state index contributed by atoms with van der Waals surface area (Å²) < 4.78 is 5.62. The Bertz CT molecular complexity index is 322. The Kier molecular flexibility index (Phi) is 5.62. The van der Waals surface area contributed by atoms with Crippen LogP contribution in [0.4, 0.5) is 0 Å². The number of hydrogen-bond acceptors (Lipinski definition) is 2. The lowest BCUT2D eigenvalue weighted by atomic mass is 10.1. The first-order valence-electron chi connectivity index (χ1n) is 5.96. The van der Waals surface area contributed by atoms with E-state index in [0.29, 0.717) is 0 Å². The fourth-order valence-electron chi connectivity index (χ4n) is 1.52. The first-order chi connectivity index (χ1) is 7.74. The Morgan fingerprint density at radius 3 is 2.81 bits per heavy atom. The van der Waals surface area contributed by atoms with E-state index in [1.54, 1.807) is 6.92 Å². The van der Waals surface area contributed by atoms with Crippen molar-refractivity contribution in [2.45, 2.75) is 39.5 Å². The Morgan fingerprint density at radius 2 is 2.12 bits per heavy atom. The minimum atomic E-state index is 0.108. The van der Waals surface area contributed by atoms with Crippen molar-refractivity contribution in [3.63, 3.8) is 0 Å². The van der Waals surface area contributed by atoms with Gasteiger partial charge in [0.15, 0.2) is 5.78 Å². The molecule has 0 N–H and O–H groups in total. The number of Topliss-reactive ketones (excluding diaryl/α,β-unsaturated/α-hetero) is 1. The number of allylic oxidation sites excluding steroid dienone is 5. The molecule has 0 radical (unpaired) electrons. The van der Waals surface area contributed by atoms with Crippen molar-refractivity contribution in [2.24, 2.45) is 0 Å². The van der Waals surface area contributed by atoms with Gasteiger partial charge in [0, 0.05) is 5.57 Å². The van der Waals surface area contributed by atoms with Crippen molar-refractivity contribution in [3.8, 4) is 0 Å². The maximum atomic E-state index is 11.2. The van der Waals surface area contributed by atoms with Gasteiger partial charge in [0.05, 0.1) is 6.61 Å². The summed E-state index contributed by atoms with van der Waals surface area (Å²) in [6, 6.07) is 0. The van der Waals surface area contributed by atoms with Gasteiger partial charge in [-0.05, 0) is 38.0 Å². The Hall–Kier alpha value is -1.31. The number of rotatable bonds is 6. The zero-order valence-corrected chi connectivity index (χ0v) is 10.2. The number of ketones is 1. The van der Waals surface area contributed by atoms with Gasteiger partial charge >= 0.3 is 0 Å². The highest BCUT2D eigenvalue weighted by molar-refractivity contribution is 5.96. The van der Waals surface area contributed by atoms with E-state index in [0.717, 1.165) is 30.8 Å². The standard InChI is InChI=1S/C14H20O2/c1-3-4-5-11-16-14-8-6-7-13(9-10-14)12(2)15/h7-10H,3-6,11H2,1-2H3. The topological polar surface area (TPSA) is 26.3 Å². The van der Waals surface area contributed by atoms with Crippen LogP contribution in [0.2, 0.25) is 0 Å². The summed E-state index contributed by atoms with van der Waals surface area (Å²) >= 11 is 0. The Balaban J connectivity index is 2.39. The summed E-state index contributed by atoms with van der Waals surface area (Å²) in [5.74, 6) is 0.987. The van der Waals surface area contributed by atoms with Crippen LogP contribution in [0.15, 0.2) is 35.6 Å². The molecule has 0 unspecified atom stereocenters. The first-order valence-corrected chi connectivity index (χ1v) is 5.96. The van der Waals surface area contributed by atoms with Gasteiger partial charge in [-0.1, -0.05) is 25.8 Å². The van der Waals surface area contributed by atoms with Gasteiger partial charge in [-0.3, -0.25) is 4.79 Å². The van der Waals surface area contributed by atoms with Crippen molar-refractivity contribution in [1.29, 1.82) is 0 Å². The molecule has 0 amide bonds. The minimum absolute atomic E-state index is 0.108. The molecule has 0 bridgehead atoms. The molecule has 1 rings (SSSR count). The van der Waals surface area contributed by atoms with Crippen molar-refractivity contribution in [2.75, 3.05) is 6.61 Å². The lowest BCUT2D eigenvalue weighted by Gasteiger charge is -2.05. The van der Waals surface area contributed by atoms with Gasteiger partial charge in [0.25, 0.3) is 0 Å². The van der Waals surface area contributed by atoms with Crippen molar-refractivity contribution in [1.82, 2.24) is 0 Å². The molecule has 0 heterocycles. The highest BCUT2D eigenvalue weighted by Gasteiger charge is 2.03. The molecule has 0 saturated carbocycles. The van der Waals surface area contributed by atoms with Gasteiger partial charge in [0.1, 0.15) is 5.76 Å². The second kappa shape index (κ2) is 7.04. The monoisotopic (exact) mass is 220 g/mol. The number of carbonyl (C=O) groups is 1. The second-order valence-electron chi connectivity index (χ2n) is 3.95. The van der Waals surface area contributed by atoms with E-state index >= 15 is 0 Å². The number of unbranched alkanes of at least 4 members (excludes halogenated alkanes) is 2. The SMILES string of the molecule is CCCCCOC1=CCC=C(C(C)=O)C=C1. The van der Waals surface area contributed by atoms with Gasteiger partial charge in [-0.2, -0.15) is 0 Å². The van der Waals surface area contributed by atoms with Crippen LogP contribution in [0, 0.1) is 0 Å². The molecular weight excluding hydrogens is 200 g/mol. The van der Waals surface area contributed by atoms with E-state index in [-0.39, 0.29) is 5.78 Å². The molecule has 16 heavy (non-hydrogen) atoms. The van der Waals surface area contributed by atoms with E-state index in [1.165, 1.54) is 12.8 Å². The highest BCUT2D eigenvalue weighted by atomic mass is 16.5. The average Bonchev–Trinajstić information content (AvgIpc) is 2.50. The molecule has 88 valence electrons. The second-order valence-corrected chi connectivity index (χ2v) is 3.95. The fourth-order valence-corrected chi connectivity index (χ4v) is 1.52. The summed E-state index contributed by atoms with van der Waals surface area (Å²) in [6.07, 6.45) is 11.9. The van der Waals surface area contributed by atoms with Crippen LogP contribution in [0.5, 0.6) is 0 Å². The zero-order valence-electron chi connectivity index (χ0n) is 10.2. The molecule has 2 nitrogen and oxygen atoms in total. The predicted octanol–water partition coefficient (Wildman–Crippen LogP) is 3.55. The van der Waals surface area contributed by atoms with Crippen molar-refractivity contribution in [3.05, 3.63) is 35.6 Å². The molecule has 0 aromatic carbocycles. The fraction of sp³-hybridized carbons (Fsp3) is 0.500. The predicted molar refractivity (Wildman–Crippen MR) is 66.1 cm³/mol. The first kappa shape index (κ1) is 12.8. The van der Waals surface area contributed by atoms with Gasteiger partial charge in [-0.25, -0.2) is 0 Å². The summed E-state index contributed by atoms with van der Waals surface area (Å²) in [7, 11) is 0. The van der Waals surface area contributed by atoms with Crippen LogP contribution >= 0.6 is 0 Å². The van der Waals surface area contributed by atoms with Crippen LogP contribution in [-0.2, 0) is 9.53 Å². The van der Waals surface area contributed by atoms with Crippen molar-refractivity contribution < 1.29 is 9.53 Å². The summed E-state index contributed by atoms with van der Waals surface area (Å²) in [6.45, 7) is 4.52. The van der Waals surface area contributed by atoms with E-state index < -0.39 is 0 Å². The molecule has 0 aliphatic heterocycles. The van der Waals surface area contributed by atoms with Gasteiger partial charge < -0.3 is 4.74 Å². The maximum Gasteiger partial charge on any atom is 0.159 e. The van der Waals surface area contributed by atoms with E-state index in [9.17, 15) is 4.79 Å².